The van der Waals surface area contributed by atoms with Crippen molar-refractivity contribution < 1.29 is 19.4 Å². The van der Waals surface area contributed by atoms with Crippen LogP contribution in [0.1, 0.15) is 36.2 Å². The van der Waals surface area contributed by atoms with Gasteiger partial charge in [-0.3, -0.25) is 4.79 Å². The highest BCUT2D eigenvalue weighted by molar-refractivity contribution is 5.89. The number of esters is 1. The van der Waals surface area contributed by atoms with Crippen molar-refractivity contribution in [3.05, 3.63) is 35.4 Å². The van der Waals surface area contributed by atoms with Gasteiger partial charge in [-0.1, -0.05) is 12.1 Å². The Morgan fingerprint density at radius 3 is 2.80 bits per heavy atom. The van der Waals surface area contributed by atoms with Crippen LogP contribution < -0.4 is 5.32 Å². The highest BCUT2D eigenvalue weighted by Crippen LogP contribution is 2.09. The van der Waals surface area contributed by atoms with Crippen LogP contribution in [0.4, 0.5) is 0 Å². The second kappa shape index (κ2) is 8.32. The lowest BCUT2D eigenvalue weighted by atomic mass is 10.1. The first kappa shape index (κ1) is 16.2. The third kappa shape index (κ3) is 5.40. The fourth-order valence-corrected chi connectivity index (χ4v) is 1.77. The summed E-state index contributed by atoms with van der Waals surface area (Å²) < 4.78 is 4.95. The average Bonchev–Trinajstić information content (AvgIpc) is 2.43. The maximum Gasteiger partial charge on any atom is 0.338 e. The summed E-state index contributed by atoms with van der Waals surface area (Å²) >= 11 is 0. The van der Waals surface area contributed by atoms with Crippen LogP contribution in [-0.2, 0) is 16.0 Å². The van der Waals surface area contributed by atoms with Gasteiger partial charge in [-0.25, -0.2) is 4.79 Å². The SMILES string of the molecule is CCOC(=O)c1cccc(CCCN[C@@H](C)C(=O)O)c1. The molecule has 1 rings (SSSR count). The predicted molar refractivity (Wildman–Crippen MR) is 75.8 cm³/mol. The lowest BCUT2D eigenvalue weighted by molar-refractivity contribution is -0.138. The lowest BCUT2D eigenvalue weighted by Crippen LogP contribution is -2.34. The summed E-state index contributed by atoms with van der Waals surface area (Å²) in [6, 6.07) is 6.78. The largest absolute Gasteiger partial charge is 0.480 e. The van der Waals surface area contributed by atoms with E-state index < -0.39 is 12.0 Å². The van der Waals surface area contributed by atoms with E-state index in [4.69, 9.17) is 9.84 Å². The van der Waals surface area contributed by atoms with Gasteiger partial charge in [-0.2, -0.15) is 0 Å². The molecule has 0 aromatic heterocycles. The number of hydrogen-bond donors (Lipinski definition) is 2. The van der Waals surface area contributed by atoms with Crippen LogP contribution in [0.5, 0.6) is 0 Å². The van der Waals surface area contributed by atoms with Crippen molar-refractivity contribution in [3.8, 4) is 0 Å². The minimum Gasteiger partial charge on any atom is -0.480 e. The van der Waals surface area contributed by atoms with E-state index >= 15 is 0 Å². The van der Waals surface area contributed by atoms with Crippen LogP contribution in [0.3, 0.4) is 0 Å². The summed E-state index contributed by atoms with van der Waals surface area (Å²) in [7, 11) is 0. The number of carbonyl (C=O) groups excluding carboxylic acids is 1. The van der Waals surface area contributed by atoms with Crippen LogP contribution in [-0.4, -0.2) is 36.2 Å². The zero-order valence-corrected chi connectivity index (χ0v) is 11.9. The molecule has 1 atom stereocenters. The zero-order chi connectivity index (χ0) is 15.0. The quantitative estimate of drug-likeness (QED) is 0.561. The number of aryl methyl sites for hydroxylation is 1. The number of carboxylic acids is 1. The van der Waals surface area contributed by atoms with E-state index in [1.807, 2.05) is 18.2 Å². The molecular formula is C15H21NO4. The first-order valence-electron chi connectivity index (χ1n) is 6.76. The van der Waals surface area contributed by atoms with E-state index in [1.165, 1.54) is 0 Å². The number of aliphatic carboxylic acids is 1. The maximum absolute atomic E-state index is 11.6. The Bertz CT molecular complexity index is 459. The summed E-state index contributed by atoms with van der Waals surface area (Å²) in [6.45, 7) is 4.37. The van der Waals surface area contributed by atoms with Gasteiger partial charge in [0.1, 0.15) is 6.04 Å². The zero-order valence-electron chi connectivity index (χ0n) is 11.9. The van der Waals surface area contributed by atoms with E-state index in [-0.39, 0.29) is 5.97 Å². The number of ether oxygens (including phenoxy) is 1. The molecule has 5 nitrogen and oxygen atoms in total. The molecule has 20 heavy (non-hydrogen) atoms. The molecule has 0 aliphatic carbocycles. The van der Waals surface area contributed by atoms with E-state index in [9.17, 15) is 9.59 Å². The van der Waals surface area contributed by atoms with Crippen LogP contribution in [0.15, 0.2) is 24.3 Å². The molecule has 0 unspecified atom stereocenters. The van der Waals surface area contributed by atoms with Crippen LogP contribution in [0.25, 0.3) is 0 Å². The van der Waals surface area contributed by atoms with Gasteiger partial charge >= 0.3 is 11.9 Å². The van der Waals surface area contributed by atoms with Crippen molar-refractivity contribution in [1.82, 2.24) is 5.32 Å². The van der Waals surface area contributed by atoms with Crippen molar-refractivity contribution in [1.29, 1.82) is 0 Å². The molecule has 0 fully saturated rings. The highest BCUT2D eigenvalue weighted by atomic mass is 16.5. The number of nitrogens with one attached hydrogen (secondary N) is 1. The molecule has 0 saturated heterocycles. The van der Waals surface area contributed by atoms with Crippen LogP contribution >= 0.6 is 0 Å². The summed E-state index contributed by atoms with van der Waals surface area (Å²) in [5.41, 5.74) is 1.59. The number of carboxylic acid groups (broad SMARTS) is 1. The molecule has 110 valence electrons. The van der Waals surface area contributed by atoms with Gasteiger partial charge in [0, 0.05) is 0 Å². The van der Waals surface area contributed by atoms with Gasteiger partial charge in [0.05, 0.1) is 12.2 Å². The molecule has 0 amide bonds. The molecule has 0 aliphatic rings. The van der Waals surface area contributed by atoms with E-state index in [1.54, 1.807) is 19.9 Å². The van der Waals surface area contributed by atoms with Crippen molar-refractivity contribution in [2.24, 2.45) is 0 Å². The average molecular weight is 279 g/mol. The van der Waals surface area contributed by atoms with E-state index in [0.717, 1.165) is 18.4 Å². The molecule has 2 N–H and O–H groups in total. The molecule has 5 heteroatoms. The third-order valence-electron chi connectivity index (χ3n) is 2.90. The maximum atomic E-state index is 11.6. The van der Waals surface area contributed by atoms with Gasteiger partial charge in [0.25, 0.3) is 0 Å². The Labute approximate surface area is 118 Å². The predicted octanol–water partition coefficient (Wildman–Crippen LogP) is 1.86. The fraction of sp³-hybridized carbons (Fsp3) is 0.467. The molecule has 0 heterocycles. The van der Waals surface area contributed by atoms with Gasteiger partial charge in [-0.05, 0) is 50.9 Å². The normalized spacial score (nSPS) is 11.9. The summed E-state index contributed by atoms with van der Waals surface area (Å²) in [5.74, 6) is -1.17. The molecule has 0 aliphatic heterocycles. The summed E-state index contributed by atoms with van der Waals surface area (Å²) in [4.78, 5) is 22.2. The number of carbonyl (C=O) groups is 2. The van der Waals surface area contributed by atoms with Gasteiger partial charge < -0.3 is 15.2 Å². The number of benzene rings is 1. The number of rotatable bonds is 8. The Hall–Kier alpha value is -1.88. The van der Waals surface area contributed by atoms with Crippen molar-refractivity contribution >= 4 is 11.9 Å². The van der Waals surface area contributed by atoms with Gasteiger partial charge in [0.2, 0.25) is 0 Å². The molecule has 1 aromatic carbocycles. The van der Waals surface area contributed by atoms with Crippen molar-refractivity contribution in [2.75, 3.05) is 13.2 Å². The Balaban J connectivity index is 2.43. The Morgan fingerprint density at radius 1 is 1.40 bits per heavy atom. The summed E-state index contributed by atoms with van der Waals surface area (Å²) in [6.07, 6.45) is 1.59. The van der Waals surface area contributed by atoms with Gasteiger partial charge in [-0.15, -0.1) is 0 Å². The molecule has 0 saturated carbocycles. The second-order valence-electron chi connectivity index (χ2n) is 4.54. The smallest absolute Gasteiger partial charge is 0.338 e. The standard InChI is InChI=1S/C15H21NO4/c1-3-20-15(19)13-8-4-6-12(10-13)7-5-9-16-11(2)14(17)18/h4,6,8,10-11,16H,3,5,7,9H2,1-2H3,(H,17,18)/t11-/m0/s1. The first-order chi connectivity index (χ1) is 9.54. The Kier molecular flexibility index (Phi) is 6.73. The molecular weight excluding hydrogens is 258 g/mol. The molecule has 0 bridgehead atoms. The molecule has 0 spiro atoms. The minimum absolute atomic E-state index is 0.313. The highest BCUT2D eigenvalue weighted by Gasteiger charge is 2.09. The Morgan fingerprint density at radius 2 is 2.15 bits per heavy atom. The monoisotopic (exact) mass is 279 g/mol. The van der Waals surface area contributed by atoms with E-state index in [2.05, 4.69) is 5.32 Å². The van der Waals surface area contributed by atoms with Crippen LogP contribution in [0, 0.1) is 0 Å². The van der Waals surface area contributed by atoms with Crippen molar-refractivity contribution in [2.45, 2.75) is 32.7 Å². The van der Waals surface area contributed by atoms with Crippen LogP contribution in [0.2, 0.25) is 0 Å². The molecule has 0 radical (unpaired) electrons. The van der Waals surface area contributed by atoms with Gasteiger partial charge in [0.15, 0.2) is 0 Å². The van der Waals surface area contributed by atoms with Crippen molar-refractivity contribution in [3.63, 3.8) is 0 Å². The first-order valence-corrected chi connectivity index (χ1v) is 6.76. The third-order valence-corrected chi connectivity index (χ3v) is 2.90. The topological polar surface area (TPSA) is 75.6 Å². The minimum atomic E-state index is -0.852. The summed E-state index contributed by atoms with van der Waals surface area (Å²) in [5, 5.41) is 11.7. The van der Waals surface area contributed by atoms with E-state index in [0.29, 0.717) is 18.7 Å². The number of hydrogen-bond acceptors (Lipinski definition) is 4. The fourth-order valence-electron chi connectivity index (χ4n) is 1.77. The molecule has 1 aromatic rings. The second-order valence-corrected chi connectivity index (χ2v) is 4.54. The lowest BCUT2D eigenvalue weighted by Gasteiger charge is -2.09.